The smallest absolute Gasteiger partial charge is 0.378 e. The van der Waals surface area contributed by atoms with Crippen LogP contribution < -0.4 is 4.18 Å². The normalized spacial score (nSPS) is 13.1. The maximum atomic E-state index is 13.0. The zero-order chi connectivity index (χ0) is 19.0. The lowest BCUT2D eigenvalue weighted by Crippen LogP contribution is -2.14. The van der Waals surface area contributed by atoms with Crippen LogP contribution in [0.2, 0.25) is 0 Å². The fourth-order valence-electron chi connectivity index (χ4n) is 1.73. The summed E-state index contributed by atoms with van der Waals surface area (Å²) in [6.07, 6.45) is -9.55. The number of alkyl halides is 6. The third kappa shape index (κ3) is 4.42. The van der Waals surface area contributed by atoms with Gasteiger partial charge in [-0.05, 0) is 30.6 Å². The molecular weight excluding hydrogens is 396 g/mol. The van der Waals surface area contributed by atoms with Crippen LogP contribution in [0.1, 0.15) is 17.4 Å². The Bertz CT molecular complexity index is 853. The fraction of sp³-hybridized carbons (Fsp3) is 0.308. The lowest BCUT2D eigenvalue weighted by Gasteiger charge is -2.10. The van der Waals surface area contributed by atoms with Crippen molar-refractivity contribution in [2.45, 2.75) is 19.3 Å². The topological polar surface area (TPSA) is 56.3 Å². The largest absolute Gasteiger partial charge is 0.430 e. The molecule has 0 fully saturated rings. The van der Waals surface area contributed by atoms with Gasteiger partial charge in [0.1, 0.15) is 5.69 Å². The van der Waals surface area contributed by atoms with Crippen molar-refractivity contribution in [3.8, 4) is 17.0 Å². The molecule has 0 saturated carbocycles. The van der Waals surface area contributed by atoms with Crippen molar-refractivity contribution in [1.82, 2.24) is 4.37 Å². The van der Waals surface area contributed by atoms with Crippen LogP contribution in [0.5, 0.6) is 5.75 Å². The molecule has 4 nitrogen and oxygen atoms in total. The van der Waals surface area contributed by atoms with E-state index in [1.165, 1.54) is 6.92 Å². The molecule has 0 aliphatic heterocycles. The van der Waals surface area contributed by atoms with E-state index >= 15 is 0 Å². The Morgan fingerprint density at radius 1 is 1.04 bits per heavy atom. The number of rotatable bonds is 4. The van der Waals surface area contributed by atoms with Crippen molar-refractivity contribution >= 4 is 21.7 Å². The summed E-state index contributed by atoms with van der Waals surface area (Å²) in [6, 6.07) is 3.09. The third-order valence-corrected chi connectivity index (χ3v) is 4.96. The molecule has 1 aromatic heterocycles. The summed E-state index contributed by atoms with van der Waals surface area (Å²) < 4.78 is 108. The molecule has 1 heterocycles. The second kappa shape index (κ2) is 6.48. The fourth-order valence-corrected chi connectivity index (χ4v) is 3.01. The third-order valence-electron chi connectivity index (χ3n) is 2.96. The predicted molar refractivity (Wildman–Crippen MR) is 77.6 cm³/mol. The van der Waals surface area contributed by atoms with Gasteiger partial charge < -0.3 is 4.18 Å². The molecule has 2 rings (SSSR count). The molecule has 12 heteroatoms. The van der Waals surface area contributed by atoms with Gasteiger partial charge in [0.05, 0.1) is 11.3 Å². The average molecular weight is 405 g/mol. The molecule has 0 aliphatic rings. The number of nitrogens with zero attached hydrogens (tertiary/aromatic N) is 1. The highest BCUT2D eigenvalue weighted by Crippen LogP contribution is 2.45. The van der Waals surface area contributed by atoms with Gasteiger partial charge in [-0.1, -0.05) is 12.1 Å². The molecule has 138 valence electrons. The predicted octanol–water partition coefficient (Wildman–Crippen LogP) is 4.58. The van der Waals surface area contributed by atoms with Crippen molar-refractivity contribution in [1.29, 1.82) is 0 Å². The van der Waals surface area contributed by atoms with Crippen LogP contribution in [0, 0.1) is 0 Å². The summed E-state index contributed by atoms with van der Waals surface area (Å²) in [7, 11) is -4.30. The van der Waals surface area contributed by atoms with Crippen LogP contribution in [0.15, 0.2) is 24.3 Å². The van der Waals surface area contributed by atoms with E-state index in [2.05, 4.69) is 8.56 Å². The molecule has 0 spiro atoms. The Hall–Kier alpha value is -1.82. The molecule has 0 N–H and O–H groups in total. The first-order valence-corrected chi connectivity index (χ1v) is 8.87. The summed E-state index contributed by atoms with van der Waals surface area (Å²) in [4.78, 5) is -1.39. The number of benzene rings is 1. The number of halogens is 6. The van der Waals surface area contributed by atoms with Gasteiger partial charge in [0.15, 0.2) is 10.6 Å². The zero-order valence-electron chi connectivity index (χ0n) is 12.3. The summed E-state index contributed by atoms with van der Waals surface area (Å²) in [5.41, 5.74) is -1.64. The van der Waals surface area contributed by atoms with Crippen LogP contribution in [0.3, 0.4) is 0 Å². The minimum absolute atomic E-state index is 0.0478. The van der Waals surface area contributed by atoms with Gasteiger partial charge in [-0.15, -0.1) is 0 Å². The quantitative estimate of drug-likeness (QED) is 0.552. The van der Waals surface area contributed by atoms with E-state index in [4.69, 9.17) is 0 Å². The standard InChI is InChI=1S/C13H9F6NO3S2/c1-2-25(21,22)23-10-9(20-24-11(10)13(17,18)19)7-3-5-8(6-4-7)12(14,15)16/h3-6H,2H2,1H3. The van der Waals surface area contributed by atoms with E-state index in [1.807, 2.05) is 0 Å². The summed E-state index contributed by atoms with van der Waals surface area (Å²) in [5, 5.41) is 0. The van der Waals surface area contributed by atoms with Crippen molar-refractivity contribution in [3.05, 3.63) is 34.7 Å². The number of aromatic nitrogens is 1. The van der Waals surface area contributed by atoms with Crippen molar-refractivity contribution in [2.75, 3.05) is 5.75 Å². The Kier molecular flexibility index (Phi) is 5.06. The number of hydrogen-bond donors (Lipinski definition) is 0. The van der Waals surface area contributed by atoms with E-state index in [1.54, 1.807) is 0 Å². The van der Waals surface area contributed by atoms with Crippen LogP contribution in [0.4, 0.5) is 26.3 Å². The van der Waals surface area contributed by atoms with Gasteiger partial charge in [0, 0.05) is 5.56 Å². The van der Waals surface area contributed by atoms with E-state index in [-0.39, 0.29) is 17.1 Å². The summed E-state index contributed by atoms with van der Waals surface area (Å²) in [6.45, 7) is 1.17. The number of hydrogen-bond acceptors (Lipinski definition) is 5. The van der Waals surface area contributed by atoms with Crippen LogP contribution >= 0.6 is 11.5 Å². The summed E-state index contributed by atoms with van der Waals surface area (Å²) in [5.74, 6) is -1.63. The molecule has 0 aliphatic carbocycles. The zero-order valence-corrected chi connectivity index (χ0v) is 13.9. The molecule has 0 radical (unpaired) electrons. The van der Waals surface area contributed by atoms with Crippen LogP contribution in [-0.4, -0.2) is 18.5 Å². The molecule has 2 aromatic rings. The van der Waals surface area contributed by atoms with Crippen molar-refractivity contribution in [3.63, 3.8) is 0 Å². The second-order valence-corrected chi connectivity index (χ2v) is 7.32. The first kappa shape index (κ1) is 19.5. The van der Waals surface area contributed by atoms with Crippen LogP contribution in [-0.2, 0) is 22.5 Å². The van der Waals surface area contributed by atoms with Gasteiger partial charge in [-0.3, -0.25) is 0 Å². The average Bonchev–Trinajstić information content (AvgIpc) is 2.89. The monoisotopic (exact) mass is 405 g/mol. The van der Waals surface area contributed by atoms with E-state index in [9.17, 15) is 34.8 Å². The van der Waals surface area contributed by atoms with Crippen molar-refractivity contribution in [2.24, 2.45) is 0 Å². The molecule has 0 unspecified atom stereocenters. The molecule has 1 aromatic carbocycles. The molecule has 0 atom stereocenters. The van der Waals surface area contributed by atoms with Gasteiger partial charge in [-0.2, -0.15) is 39.1 Å². The minimum atomic E-state index is -4.93. The highest BCUT2D eigenvalue weighted by atomic mass is 32.2. The Balaban J connectivity index is 2.56. The van der Waals surface area contributed by atoms with Gasteiger partial charge in [0.25, 0.3) is 0 Å². The first-order chi connectivity index (χ1) is 11.3. The van der Waals surface area contributed by atoms with Gasteiger partial charge in [0.2, 0.25) is 0 Å². The molecule has 0 saturated heterocycles. The molecule has 25 heavy (non-hydrogen) atoms. The van der Waals surface area contributed by atoms with E-state index < -0.39 is 50.1 Å². The van der Waals surface area contributed by atoms with Crippen LogP contribution in [0.25, 0.3) is 11.3 Å². The Morgan fingerprint density at radius 3 is 2.04 bits per heavy atom. The maximum Gasteiger partial charge on any atom is 0.430 e. The van der Waals surface area contributed by atoms with Gasteiger partial charge in [-0.25, -0.2) is 0 Å². The van der Waals surface area contributed by atoms with E-state index in [0.717, 1.165) is 12.1 Å². The lowest BCUT2D eigenvalue weighted by atomic mass is 10.1. The highest BCUT2D eigenvalue weighted by molar-refractivity contribution is 7.87. The highest BCUT2D eigenvalue weighted by Gasteiger charge is 2.40. The summed E-state index contributed by atoms with van der Waals surface area (Å²) >= 11 is -0.0478. The van der Waals surface area contributed by atoms with E-state index in [0.29, 0.717) is 12.1 Å². The van der Waals surface area contributed by atoms with Gasteiger partial charge >= 0.3 is 22.5 Å². The molecule has 0 bridgehead atoms. The lowest BCUT2D eigenvalue weighted by molar-refractivity contribution is -0.137. The Labute approximate surface area is 142 Å². The molecular formula is C13H9F6NO3S2. The van der Waals surface area contributed by atoms with Crippen molar-refractivity contribution < 1.29 is 38.9 Å². The first-order valence-electron chi connectivity index (χ1n) is 6.52. The molecule has 0 amide bonds. The SMILES string of the molecule is CCS(=O)(=O)Oc1c(-c2ccc(C(F)(F)F)cc2)nsc1C(F)(F)F. The Morgan fingerprint density at radius 2 is 1.60 bits per heavy atom. The minimum Gasteiger partial charge on any atom is -0.378 e. The second-order valence-electron chi connectivity index (χ2n) is 4.69. The maximum absolute atomic E-state index is 13.0.